The zero-order valence-electron chi connectivity index (χ0n) is 14.7. The van der Waals surface area contributed by atoms with Crippen molar-refractivity contribution in [3.63, 3.8) is 0 Å². The summed E-state index contributed by atoms with van der Waals surface area (Å²) in [4.78, 5) is 24.4. The first-order chi connectivity index (χ1) is 10.9. The third-order valence-electron chi connectivity index (χ3n) is 3.72. The smallest absolute Gasteiger partial charge is 0.323 e. The molecule has 2 atom stereocenters. The Morgan fingerprint density at radius 1 is 1.17 bits per heavy atom. The van der Waals surface area contributed by atoms with Crippen LogP contribution in [0.25, 0.3) is 0 Å². The third-order valence-corrected chi connectivity index (χ3v) is 3.72. The van der Waals surface area contributed by atoms with E-state index in [1.165, 1.54) is 7.11 Å². The van der Waals surface area contributed by atoms with Gasteiger partial charge in [0, 0.05) is 5.69 Å². The highest BCUT2D eigenvalue weighted by Gasteiger charge is 2.28. The molecule has 1 aromatic carbocycles. The zero-order valence-corrected chi connectivity index (χ0v) is 14.7. The van der Waals surface area contributed by atoms with Crippen molar-refractivity contribution in [2.45, 2.75) is 52.6 Å². The van der Waals surface area contributed by atoms with Crippen LogP contribution in [0.2, 0.25) is 0 Å². The standard InChI is InChI=1S/C18H28N2O3/c1-6-7-15(20-16(12(2)3)18(22)23-5)17(21)19-14-10-8-13(4)9-11-14/h8-12,15-16,20H,6-7H2,1-5H3,(H,19,21)/t15-,16+/m0/s1. The zero-order chi connectivity index (χ0) is 17.4. The first kappa shape index (κ1) is 19.2. The Kier molecular flexibility index (Phi) is 7.75. The maximum absolute atomic E-state index is 12.5. The number of ether oxygens (including phenoxy) is 1. The monoisotopic (exact) mass is 320 g/mol. The molecule has 0 bridgehead atoms. The predicted octanol–water partition coefficient (Wildman–Crippen LogP) is 2.89. The van der Waals surface area contributed by atoms with E-state index in [0.29, 0.717) is 6.42 Å². The molecule has 0 aromatic heterocycles. The lowest BCUT2D eigenvalue weighted by Gasteiger charge is -2.26. The summed E-state index contributed by atoms with van der Waals surface area (Å²) in [7, 11) is 1.36. The fourth-order valence-electron chi connectivity index (χ4n) is 2.32. The molecule has 23 heavy (non-hydrogen) atoms. The Bertz CT molecular complexity index is 512. The van der Waals surface area contributed by atoms with Crippen molar-refractivity contribution in [1.29, 1.82) is 0 Å². The molecule has 0 saturated carbocycles. The summed E-state index contributed by atoms with van der Waals surface area (Å²) in [5, 5.41) is 6.05. The van der Waals surface area contributed by atoms with Gasteiger partial charge in [-0.2, -0.15) is 0 Å². The number of hydrogen-bond donors (Lipinski definition) is 2. The van der Waals surface area contributed by atoms with E-state index in [-0.39, 0.29) is 17.8 Å². The average Bonchev–Trinajstić information content (AvgIpc) is 2.52. The molecule has 128 valence electrons. The summed E-state index contributed by atoms with van der Waals surface area (Å²) in [5.74, 6) is -0.441. The fraction of sp³-hybridized carbons (Fsp3) is 0.556. The van der Waals surface area contributed by atoms with Gasteiger partial charge in [0.05, 0.1) is 13.2 Å². The van der Waals surface area contributed by atoms with E-state index in [4.69, 9.17) is 4.74 Å². The summed E-state index contributed by atoms with van der Waals surface area (Å²) < 4.78 is 4.83. The summed E-state index contributed by atoms with van der Waals surface area (Å²) >= 11 is 0. The molecule has 0 aliphatic rings. The van der Waals surface area contributed by atoms with Crippen molar-refractivity contribution in [2.75, 3.05) is 12.4 Å². The number of esters is 1. The summed E-state index contributed by atoms with van der Waals surface area (Å²) in [5.41, 5.74) is 1.89. The molecule has 0 fully saturated rings. The predicted molar refractivity (Wildman–Crippen MR) is 92.3 cm³/mol. The van der Waals surface area contributed by atoms with Crippen molar-refractivity contribution >= 4 is 17.6 Å². The Hall–Kier alpha value is -1.88. The average molecular weight is 320 g/mol. The van der Waals surface area contributed by atoms with Gasteiger partial charge in [-0.1, -0.05) is 44.9 Å². The minimum absolute atomic E-state index is 0.0361. The molecular formula is C18H28N2O3. The molecule has 5 nitrogen and oxygen atoms in total. The largest absolute Gasteiger partial charge is 0.468 e. The number of benzene rings is 1. The molecule has 1 rings (SSSR count). The maximum Gasteiger partial charge on any atom is 0.323 e. The molecule has 0 saturated heterocycles. The van der Waals surface area contributed by atoms with Gasteiger partial charge in [0.15, 0.2) is 0 Å². The number of anilines is 1. The third kappa shape index (κ3) is 6.02. The molecule has 0 spiro atoms. The minimum atomic E-state index is -0.500. The van der Waals surface area contributed by atoms with E-state index >= 15 is 0 Å². The van der Waals surface area contributed by atoms with E-state index in [1.807, 2.05) is 52.0 Å². The molecule has 5 heteroatoms. The van der Waals surface area contributed by atoms with Gasteiger partial charge in [-0.3, -0.25) is 14.9 Å². The second kappa shape index (κ2) is 9.30. The highest BCUT2D eigenvalue weighted by Crippen LogP contribution is 2.12. The number of rotatable bonds is 8. The normalized spacial score (nSPS) is 13.5. The van der Waals surface area contributed by atoms with Gasteiger partial charge in [-0.05, 0) is 31.4 Å². The van der Waals surface area contributed by atoms with Crippen LogP contribution in [0.5, 0.6) is 0 Å². The summed E-state index contributed by atoms with van der Waals surface area (Å²) in [6, 6.07) is 6.70. The second-order valence-electron chi connectivity index (χ2n) is 6.11. The van der Waals surface area contributed by atoms with Crippen LogP contribution in [-0.4, -0.2) is 31.1 Å². The Morgan fingerprint density at radius 2 is 1.78 bits per heavy atom. The number of carbonyl (C=O) groups excluding carboxylic acids is 2. The lowest BCUT2D eigenvalue weighted by atomic mass is 10.0. The number of aryl methyl sites for hydroxylation is 1. The van der Waals surface area contributed by atoms with Crippen LogP contribution in [0.4, 0.5) is 5.69 Å². The molecular weight excluding hydrogens is 292 g/mol. The molecule has 1 amide bonds. The van der Waals surface area contributed by atoms with Crippen LogP contribution >= 0.6 is 0 Å². The van der Waals surface area contributed by atoms with E-state index in [9.17, 15) is 9.59 Å². The van der Waals surface area contributed by atoms with E-state index < -0.39 is 12.1 Å². The van der Waals surface area contributed by atoms with Crippen molar-refractivity contribution in [1.82, 2.24) is 5.32 Å². The van der Waals surface area contributed by atoms with Crippen molar-refractivity contribution < 1.29 is 14.3 Å². The molecule has 0 aliphatic carbocycles. The van der Waals surface area contributed by atoms with Gasteiger partial charge in [0.2, 0.25) is 5.91 Å². The number of hydrogen-bond acceptors (Lipinski definition) is 4. The van der Waals surface area contributed by atoms with Gasteiger partial charge in [-0.15, -0.1) is 0 Å². The van der Waals surface area contributed by atoms with Crippen LogP contribution < -0.4 is 10.6 Å². The van der Waals surface area contributed by atoms with Crippen molar-refractivity contribution in [3.05, 3.63) is 29.8 Å². The SMILES string of the molecule is CCC[C@H](N[C@@H](C(=O)OC)C(C)C)C(=O)Nc1ccc(C)cc1. The maximum atomic E-state index is 12.5. The topological polar surface area (TPSA) is 67.4 Å². The van der Waals surface area contributed by atoms with Crippen molar-refractivity contribution in [3.8, 4) is 0 Å². The van der Waals surface area contributed by atoms with Crippen LogP contribution in [0.3, 0.4) is 0 Å². The first-order valence-corrected chi connectivity index (χ1v) is 8.10. The minimum Gasteiger partial charge on any atom is -0.468 e. The number of carbonyl (C=O) groups is 2. The number of nitrogens with one attached hydrogen (secondary N) is 2. The summed E-state index contributed by atoms with van der Waals surface area (Å²) in [6.07, 6.45) is 1.49. The lowest BCUT2D eigenvalue weighted by Crippen LogP contribution is -2.51. The van der Waals surface area contributed by atoms with E-state index in [0.717, 1.165) is 17.7 Å². The first-order valence-electron chi connectivity index (χ1n) is 8.10. The molecule has 2 N–H and O–H groups in total. The van der Waals surface area contributed by atoms with Crippen LogP contribution in [0.1, 0.15) is 39.2 Å². The second-order valence-corrected chi connectivity index (χ2v) is 6.11. The molecule has 0 radical (unpaired) electrons. The molecule has 0 heterocycles. The van der Waals surface area contributed by atoms with Crippen molar-refractivity contribution in [2.24, 2.45) is 5.92 Å². The van der Waals surface area contributed by atoms with Gasteiger partial charge in [0.25, 0.3) is 0 Å². The lowest BCUT2D eigenvalue weighted by molar-refractivity contribution is -0.144. The molecule has 0 unspecified atom stereocenters. The number of methoxy groups -OCH3 is 1. The Labute approximate surface area is 138 Å². The van der Waals surface area contributed by atoms with Crippen LogP contribution in [0, 0.1) is 12.8 Å². The fourth-order valence-corrected chi connectivity index (χ4v) is 2.32. The van der Waals surface area contributed by atoms with Gasteiger partial charge in [0.1, 0.15) is 6.04 Å². The molecule has 0 aliphatic heterocycles. The number of amides is 1. The van der Waals surface area contributed by atoms with Gasteiger partial charge in [-0.25, -0.2) is 0 Å². The molecule has 1 aromatic rings. The quantitative estimate of drug-likeness (QED) is 0.723. The highest BCUT2D eigenvalue weighted by molar-refractivity contribution is 5.95. The van der Waals surface area contributed by atoms with Gasteiger partial charge >= 0.3 is 5.97 Å². The van der Waals surface area contributed by atoms with Crippen LogP contribution in [0.15, 0.2) is 24.3 Å². The van der Waals surface area contributed by atoms with Crippen LogP contribution in [-0.2, 0) is 14.3 Å². The highest BCUT2D eigenvalue weighted by atomic mass is 16.5. The summed E-state index contributed by atoms with van der Waals surface area (Å²) in [6.45, 7) is 7.86. The Balaban J connectivity index is 2.80. The van der Waals surface area contributed by atoms with E-state index in [1.54, 1.807) is 0 Å². The Morgan fingerprint density at radius 3 is 2.26 bits per heavy atom. The van der Waals surface area contributed by atoms with Gasteiger partial charge < -0.3 is 10.1 Å². The van der Waals surface area contributed by atoms with E-state index in [2.05, 4.69) is 10.6 Å².